The van der Waals surface area contributed by atoms with Crippen LogP contribution in [0.5, 0.6) is 0 Å². The van der Waals surface area contributed by atoms with Crippen molar-refractivity contribution in [1.29, 1.82) is 0 Å². The van der Waals surface area contributed by atoms with E-state index in [1.807, 2.05) is 0 Å². The van der Waals surface area contributed by atoms with Gasteiger partial charge in [0.15, 0.2) is 0 Å². The van der Waals surface area contributed by atoms with Gasteiger partial charge in [0.2, 0.25) is 0 Å². The molecule has 0 bridgehead atoms. The molecule has 0 atom stereocenters. The van der Waals surface area contributed by atoms with Crippen molar-refractivity contribution in [2.45, 2.75) is 46.6 Å². The fourth-order valence-electron chi connectivity index (χ4n) is 1.83. The first-order chi connectivity index (χ1) is 6.15. The Labute approximate surface area is 82.9 Å². The number of nitrogens with zero attached hydrogens (tertiary/aromatic N) is 1. The van der Waals surface area contributed by atoms with Gasteiger partial charge in [-0.3, -0.25) is 4.90 Å². The van der Waals surface area contributed by atoms with Gasteiger partial charge in [0.25, 0.3) is 0 Å². The van der Waals surface area contributed by atoms with E-state index >= 15 is 0 Å². The predicted octanol–water partition coefficient (Wildman–Crippen LogP) is 2.13. The molecule has 80 valence electrons. The van der Waals surface area contributed by atoms with Crippen LogP contribution in [-0.4, -0.2) is 35.7 Å². The SMILES string of the molecule is CCC(CC)N(CCO)CC(C)C. The summed E-state index contributed by atoms with van der Waals surface area (Å²) in [6, 6.07) is 0.648. The Morgan fingerprint density at radius 3 is 2.00 bits per heavy atom. The second kappa shape index (κ2) is 7.34. The van der Waals surface area contributed by atoms with Gasteiger partial charge in [0, 0.05) is 19.1 Å². The molecule has 2 nitrogen and oxygen atoms in total. The van der Waals surface area contributed by atoms with Crippen molar-refractivity contribution in [2.24, 2.45) is 5.92 Å². The molecule has 0 aliphatic heterocycles. The van der Waals surface area contributed by atoms with E-state index in [1.54, 1.807) is 0 Å². The summed E-state index contributed by atoms with van der Waals surface area (Å²) in [5.74, 6) is 0.687. The van der Waals surface area contributed by atoms with Crippen molar-refractivity contribution in [3.05, 3.63) is 0 Å². The van der Waals surface area contributed by atoms with Gasteiger partial charge >= 0.3 is 0 Å². The molecule has 0 amide bonds. The Morgan fingerprint density at radius 1 is 1.15 bits per heavy atom. The maximum absolute atomic E-state index is 8.95. The first-order valence-electron chi connectivity index (χ1n) is 5.50. The summed E-state index contributed by atoms with van der Waals surface area (Å²) in [5, 5.41) is 8.95. The molecule has 0 saturated carbocycles. The Hall–Kier alpha value is -0.0800. The zero-order valence-electron chi connectivity index (χ0n) is 9.58. The Kier molecular flexibility index (Phi) is 7.29. The first kappa shape index (κ1) is 12.9. The minimum Gasteiger partial charge on any atom is -0.395 e. The van der Waals surface area contributed by atoms with E-state index < -0.39 is 0 Å². The summed E-state index contributed by atoms with van der Waals surface area (Å²) >= 11 is 0. The van der Waals surface area contributed by atoms with Crippen LogP contribution in [0.25, 0.3) is 0 Å². The topological polar surface area (TPSA) is 23.5 Å². The summed E-state index contributed by atoms with van der Waals surface area (Å²) in [6.07, 6.45) is 2.37. The lowest BCUT2D eigenvalue weighted by Crippen LogP contribution is -2.39. The fraction of sp³-hybridized carbons (Fsp3) is 1.00. The standard InChI is InChI=1S/C11H25NO/c1-5-11(6-2)12(7-8-13)9-10(3)4/h10-11,13H,5-9H2,1-4H3. The molecule has 0 radical (unpaired) electrons. The van der Waals surface area contributed by atoms with E-state index in [-0.39, 0.29) is 6.61 Å². The predicted molar refractivity (Wildman–Crippen MR) is 57.9 cm³/mol. The number of aliphatic hydroxyl groups is 1. The van der Waals surface area contributed by atoms with Gasteiger partial charge in [-0.25, -0.2) is 0 Å². The third-order valence-corrected chi connectivity index (χ3v) is 2.45. The lowest BCUT2D eigenvalue weighted by molar-refractivity contribution is 0.130. The van der Waals surface area contributed by atoms with E-state index in [4.69, 9.17) is 5.11 Å². The summed E-state index contributed by atoms with van der Waals surface area (Å²) in [4.78, 5) is 2.41. The third-order valence-electron chi connectivity index (χ3n) is 2.45. The molecule has 0 fully saturated rings. The van der Waals surface area contributed by atoms with E-state index in [1.165, 1.54) is 12.8 Å². The van der Waals surface area contributed by atoms with Crippen LogP contribution in [0.4, 0.5) is 0 Å². The number of hydrogen-bond donors (Lipinski definition) is 1. The zero-order chi connectivity index (χ0) is 10.3. The zero-order valence-corrected chi connectivity index (χ0v) is 9.58. The normalized spacial score (nSPS) is 12.0. The molecular formula is C11H25NO. The van der Waals surface area contributed by atoms with Gasteiger partial charge in [-0.1, -0.05) is 27.7 Å². The van der Waals surface area contributed by atoms with Crippen LogP contribution in [-0.2, 0) is 0 Å². The van der Waals surface area contributed by atoms with Crippen molar-refractivity contribution in [3.8, 4) is 0 Å². The lowest BCUT2D eigenvalue weighted by Gasteiger charge is -2.31. The highest BCUT2D eigenvalue weighted by Crippen LogP contribution is 2.10. The Bertz CT molecular complexity index is 111. The molecule has 0 aliphatic carbocycles. The average molecular weight is 187 g/mol. The molecule has 0 spiro atoms. The van der Waals surface area contributed by atoms with E-state index in [2.05, 4.69) is 32.6 Å². The van der Waals surface area contributed by atoms with Gasteiger partial charge in [-0.05, 0) is 18.8 Å². The minimum absolute atomic E-state index is 0.281. The molecule has 0 saturated heterocycles. The molecule has 0 aromatic heterocycles. The lowest BCUT2D eigenvalue weighted by atomic mass is 10.1. The largest absolute Gasteiger partial charge is 0.395 e. The van der Waals surface area contributed by atoms with Crippen LogP contribution >= 0.6 is 0 Å². The van der Waals surface area contributed by atoms with E-state index in [9.17, 15) is 0 Å². The first-order valence-corrected chi connectivity index (χ1v) is 5.50. The van der Waals surface area contributed by atoms with Gasteiger partial charge in [0.05, 0.1) is 6.61 Å². The van der Waals surface area contributed by atoms with E-state index in [0.717, 1.165) is 13.1 Å². The van der Waals surface area contributed by atoms with Gasteiger partial charge < -0.3 is 5.11 Å². The van der Waals surface area contributed by atoms with Crippen LogP contribution in [0.1, 0.15) is 40.5 Å². The van der Waals surface area contributed by atoms with Crippen molar-refractivity contribution >= 4 is 0 Å². The molecule has 0 aromatic carbocycles. The van der Waals surface area contributed by atoms with Crippen molar-refractivity contribution < 1.29 is 5.11 Å². The maximum atomic E-state index is 8.95. The number of rotatable bonds is 7. The van der Waals surface area contributed by atoms with Crippen molar-refractivity contribution in [1.82, 2.24) is 4.90 Å². The fourth-order valence-corrected chi connectivity index (χ4v) is 1.83. The number of aliphatic hydroxyl groups excluding tert-OH is 1. The highest BCUT2D eigenvalue weighted by molar-refractivity contribution is 4.69. The minimum atomic E-state index is 0.281. The molecule has 0 aliphatic rings. The van der Waals surface area contributed by atoms with Crippen molar-refractivity contribution in [2.75, 3.05) is 19.7 Å². The van der Waals surface area contributed by atoms with E-state index in [0.29, 0.717) is 12.0 Å². The van der Waals surface area contributed by atoms with Crippen LogP contribution in [0.2, 0.25) is 0 Å². The molecule has 13 heavy (non-hydrogen) atoms. The smallest absolute Gasteiger partial charge is 0.0558 e. The molecule has 2 heteroatoms. The maximum Gasteiger partial charge on any atom is 0.0558 e. The second-order valence-electron chi connectivity index (χ2n) is 4.08. The van der Waals surface area contributed by atoms with Crippen LogP contribution in [0.15, 0.2) is 0 Å². The highest BCUT2D eigenvalue weighted by atomic mass is 16.3. The molecule has 1 N–H and O–H groups in total. The van der Waals surface area contributed by atoms with Crippen LogP contribution in [0, 0.1) is 5.92 Å². The summed E-state index contributed by atoms with van der Waals surface area (Å²) in [7, 11) is 0. The monoisotopic (exact) mass is 187 g/mol. The molecule has 0 rings (SSSR count). The quantitative estimate of drug-likeness (QED) is 0.660. The van der Waals surface area contributed by atoms with Gasteiger partial charge in [-0.2, -0.15) is 0 Å². The Morgan fingerprint density at radius 2 is 1.69 bits per heavy atom. The molecule has 0 heterocycles. The second-order valence-corrected chi connectivity index (χ2v) is 4.08. The number of hydrogen-bond acceptors (Lipinski definition) is 2. The summed E-state index contributed by atoms with van der Waals surface area (Å²) in [5.41, 5.74) is 0. The van der Waals surface area contributed by atoms with Crippen LogP contribution in [0.3, 0.4) is 0 Å². The third kappa shape index (κ3) is 5.27. The Balaban J connectivity index is 4.03. The summed E-state index contributed by atoms with van der Waals surface area (Å²) in [6.45, 7) is 11.1. The summed E-state index contributed by atoms with van der Waals surface area (Å²) < 4.78 is 0. The molecule has 0 aromatic rings. The molecular weight excluding hydrogens is 162 g/mol. The van der Waals surface area contributed by atoms with Crippen molar-refractivity contribution in [3.63, 3.8) is 0 Å². The van der Waals surface area contributed by atoms with Crippen LogP contribution < -0.4 is 0 Å². The molecule has 0 unspecified atom stereocenters. The highest BCUT2D eigenvalue weighted by Gasteiger charge is 2.14. The van der Waals surface area contributed by atoms with Gasteiger partial charge in [0.1, 0.15) is 0 Å². The van der Waals surface area contributed by atoms with Gasteiger partial charge in [-0.15, -0.1) is 0 Å². The average Bonchev–Trinajstić information content (AvgIpc) is 2.05.